The fraction of sp³-hybridized carbons (Fsp3) is 0.348. The average Bonchev–Trinajstić information content (AvgIpc) is 3.35. The standard InChI is InChI=1S/C23H25N7O3/c31-19(16-2-1-6-24-15-16)14-20-28-21-18(22-25-8-9-30(20)22)4-3-17(27-21)5-7-26-23(32)29-10-12-33-13-11-29/h1-4,6,14-15H,5,7-13H2,(H,26,32)(H,27,28)/b20-14+. The first-order valence-electron chi connectivity index (χ1n) is 11.0. The van der Waals surface area contributed by atoms with Crippen molar-refractivity contribution in [1.29, 1.82) is 0 Å². The van der Waals surface area contributed by atoms with Gasteiger partial charge in [-0.2, -0.15) is 0 Å². The molecule has 0 atom stereocenters. The van der Waals surface area contributed by atoms with Crippen LogP contribution in [0.2, 0.25) is 0 Å². The van der Waals surface area contributed by atoms with Crippen molar-refractivity contribution in [3.63, 3.8) is 0 Å². The minimum atomic E-state index is -0.137. The Morgan fingerprint density at radius 1 is 1.18 bits per heavy atom. The van der Waals surface area contributed by atoms with E-state index in [0.29, 0.717) is 69.6 Å². The Kier molecular flexibility index (Phi) is 5.99. The number of carbonyl (C=O) groups excluding carboxylic acids is 2. The minimum Gasteiger partial charge on any atom is -0.378 e. The molecule has 1 fully saturated rings. The van der Waals surface area contributed by atoms with Gasteiger partial charge in [-0.05, 0) is 24.3 Å². The van der Waals surface area contributed by atoms with E-state index in [1.807, 2.05) is 17.0 Å². The maximum absolute atomic E-state index is 12.7. The van der Waals surface area contributed by atoms with E-state index in [9.17, 15) is 9.59 Å². The monoisotopic (exact) mass is 447 g/mol. The molecule has 0 aromatic carbocycles. The fourth-order valence-corrected chi connectivity index (χ4v) is 4.02. The molecule has 5 rings (SSSR count). The highest BCUT2D eigenvalue weighted by Crippen LogP contribution is 2.29. The van der Waals surface area contributed by atoms with Gasteiger partial charge in [0.1, 0.15) is 17.5 Å². The van der Waals surface area contributed by atoms with E-state index in [4.69, 9.17) is 9.72 Å². The van der Waals surface area contributed by atoms with Crippen LogP contribution in [0, 0.1) is 0 Å². The van der Waals surface area contributed by atoms with E-state index < -0.39 is 0 Å². The molecule has 5 heterocycles. The number of fused-ring (bicyclic) bond motifs is 3. The van der Waals surface area contributed by atoms with Gasteiger partial charge < -0.3 is 25.2 Å². The van der Waals surface area contributed by atoms with Crippen LogP contribution >= 0.6 is 0 Å². The van der Waals surface area contributed by atoms with Crippen molar-refractivity contribution in [1.82, 2.24) is 25.1 Å². The summed E-state index contributed by atoms with van der Waals surface area (Å²) in [5, 5.41) is 6.25. The number of hydrogen-bond donors (Lipinski definition) is 2. The molecule has 170 valence electrons. The van der Waals surface area contributed by atoms with Crippen molar-refractivity contribution in [3.05, 3.63) is 65.4 Å². The third-order valence-electron chi connectivity index (χ3n) is 5.74. The second kappa shape index (κ2) is 9.37. The Hall–Kier alpha value is -3.79. The second-order valence-corrected chi connectivity index (χ2v) is 7.90. The number of ketones is 1. The second-order valence-electron chi connectivity index (χ2n) is 7.90. The highest BCUT2D eigenvalue weighted by atomic mass is 16.5. The summed E-state index contributed by atoms with van der Waals surface area (Å²) < 4.78 is 5.28. The number of aliphatic imine (C=N–C) groups is 1. The van der Waals surface area contributed by atoms with Gasteiger partial charge in [-0.25, -0.2) is 9.78 Å². The number of hydrogen-bond acceptors (Lipinski definition) is 8. The highest BCUT2D eigenvalue weighted by molar-refractivity contribution is 6.09. The third-order valence-corrected chi connectivity index (χ3v) is 5.74. The van der Waals surface area contributed by atoms with Gasteiger partial charge >= 0.3 is 6.03 Å². The Balaban J connectivity index is 1.29. The molecule has 0 bridgehead atoms. The number of urea groups is 1. The number of allylic oxidation sites excluding steroid dienone is 1. The van der Waals surface area contributed by atoms with Gasteiger partial charge in [-0.15, -0.1) is 0 Å². The number of aromatic nitrogens is 2. The predicted octanol–water partition coefficient (Wildman–Crippen LogP) is 1.27. The van der Waals surface area contributed by atoms with Gasteiger partial charge in [0.2, 0.25) is 0 Å². The molecule has 1 saturated heterocycles. The van der Waals surface area contributed by atoms with E-state index in [0.717, 1.165) is 17.1 Å². The van der Waals surface area contributed by atoms with Crippen molar-refractivity contribution in [2.75, 3.05) is 51.3 Å². The molecule has 2 aromatic heterocycles. The number of amidine groups is 1. The van der Waals surface area contributed by atoms with Crippen LogP contribution in [0.5, 0.6) is 0 Å². The first-order valence-corrected chi connectivity index (χ1v) is 11.0. The van der Waals surface area contributed by atoms with Crippen LogP contribution in [-0.2, 0) is 11.2 Å². The molecule has 10 nitrogen and oxygen atoms in total. The summed E-state index contributed by atoms with van der Waals surface area (Å²) >= 11 is 0. The number of nitrogens with one attached hydrogen (secondary N) is 2. The summed E-state index contributed by atoms with van der Waals surface area (Å²) in [6.07, 6.45) is 5.35. The van der Waals surface area contributed by atoms with Crippen molar-refractivity contribution >= 4 is 23.5 Å². The lowest BCUT2D eigenvalue weighted by Crippen LogP contribution is -2.46. The predicted molar refractivity (Wildman–Crippen MR) is 122 cm³/mol. The molecule has 3 aliphatic heterocycles. The first-order chi connectivity index (χ1) is 16.2. The van der Waals surface area contributed by atoms with Crippen LogP contribution in [-0.4, -0.2) is 83.4 Å². The number of amides is 2. The van der Waals surface area contributed by atoms with Gasteiger partial charge in [-0.3, -0.25) is 14.8 Å². The Labute approximate surface area is 191 Å². The number of carbonyl (C=O) groups is 2. The topological polar surface area (TPSA) is 112 Å². The van der Waals surface area contributed by atoms with Crippen LogP contribution < -0.4 is 10.6 Å². The zero-order chi connectivity index (χ0) is 22.6. The molecule has 0 aliphatic carbocycles. The SMILES string of the molecule is O=C(/C=C1\Nc2nc(CCNC(=O)N3CCOCC3)ccc2C2=NCCN21)c1cccnc1. The number of nitrogens with zero attached hydrogens (tertiary/aromatic N) is 5. The van der Waals surface area contributed by atoms with E-state index in [-0.39, 0.29) is 11.8 Å². The third kappa shape index (κ3) is 4.56. The average molecular weight is 447 g/mol. The van der Waals surface area contributed by atoms with Gasteiger partial charge in [-0.1, -0.05) is 0 Å². The molecule has 0 saturated carbocycles. The van der Waals surface area contributed by atoms with E-state index in [1.54, 1.807) is 35.5 Å². The molecule has 33 heavy (non-hydrogen) atoms. The van der Waals surface area contributed by atoms with Gasteiger partial charge in [0.05, 0.1) is 25.3 Å². The Morgan fingerprint density at radius 2 is 2.06 bits per heavy atom. The maximum atomic E-state index is 12.7. The van der Waals surface area contributed by atoms with Crippen LogP contribution in [0.4, 0.5) is 10.6 Å². The summed E-state index contributed by atoms with van der Waals surface area (Å²) in [7, 11) is 0. The van der Waals surface area contributed by atoms with Crippen LogP contribution in [0.15, 0.2) is 53.5 Å². The van der Waals surface area contributed by atoms with Crippen molar-refractivity contribution < 1.29 is 14.3 Å². The largest absolute Gasteiger partial charge is 0.378 e. The van der Waals surface area contributed by atoms with Crippen molar-refractivity contribution in [2.45, 2.75) is 6.42 Å². The molecule has 2 amide bonds. The Bertz CT molecular complexity index is 1110. The quantitative estimate of drug-likeness (QED) is 0.524. The van der Waals surface area contributed by atoms with E-state index in [1.165, 1.54) is 0 Å². The molecule has 0 spiro atoms. The van der Waals surface area contributed by atoms with Crippen molar-refractivity contribution in [2.24, 2.45) is 4.99 Å². The van der Waals surface area contributed by atoms with E-state index >= 15 is 0 Å². The van der Waals surface area contributed by atoms with Crippen LogP contribution in [0.3, 0.4) is 0 Å². The first kappa shape index (κ1) is 21.1. The number of anilines is 1. The van der Waals surface area contributed by atoms with Crippen molar-refractivity contribution in [3.8, 4) is 0 Å². The van der Waals surface area contributed by atoms with E-state index in [2.05, 4.69) is 20.6 Å². The zero-order valence-corrected chi connectivity index (χ0v) is 18.2. The molecule has 2 aromatic rings. The number of pyridine rings is 2. The molecule has 0 unspecified atom stereocenters. The minimum absolute atomic E-state index is 0.0792. The molecule has 2 N–H and O–H groups in total. The lowest BCUT2D eigenvalue weighted by molar-refractivity contribution is 0.0533. The lowest BCUT2D eigenvalue weighted by atomic mass is 10.1. The van der Waals surface area contributed by atoms with Gasteiger partial charge in [0.25, 0.3) is 0 Å². The molecular formula is C23H25N7O3. The summed E-state index contributed by atoms with van der Waals surface area (Å²) in [5.74, 6) is 1.99. The number of morpholine rings is 1. The zero-order valence-electron chi connectivity index (χ0n) is 18.2. The van der Waals surface area contributed by atoms with Gasteiger partial charge in [0.15, 0.2) is 5.78 Å². The molecule has 0 radical (unpaired) electrons. The smallest absolute Gasteiger partial charge is 0.317 e. The van der Waals surface area contributed by atoms with Crippen LogP contribution in [0.1, 0.15) is 21.6 Å². The molecule has 10 heteroatoms. The maximum Gasteiger partial charge on any atom is 0.317 e. The molecular weight excluding hydrogens is 422 g/mol. The summed E-state index contributed by atoms with van der Waals surface area (Å²) in [5.41, 5.74) is 2.26. The number of ether oxygens (including phenoxy) is 1. The molecule has 3 aliphatic rings. The normalized spacial score (nSPS) is 18.3. The number of rotatable bonds is 5. The van der Waals surface area contributed by atoms with Crippen LogP contribution in [0.25, 0.3) is 0 Å². The summed E-state index contributed by atoms with van der Waals surface area (Å²) in [4.78, 5) is 42.1. The Morgan fingerprint density at radius 3 is 2.88 bits per heavy atom. The van der Waals surface area contributed by atoms with Gasteiger partial charge in [0, 0.05) is 62.3 Å². The summed E-state index contributed by atoms with van der Waals surface area (Å²) in [6, 6.07) is 7.35. The fourth-order valence-electron chi connectivity index (χ4n) is 4.02. The highest BCUT2D eigenvalue weighted by Gasteiger charge is 2.31. The summed E-state index contributed by atoms with van der Waals surface area (Å²) in [6.45, 7) is 4.21. The lowest BCUT2D eigenvalue weighted by Gasteiger charge is -2.30.